The standard InChI is InChI=1S/C17H17F3N2O2/c1-12(13-8-10-21-11-9-13)22-16(23)7-6-14-4-2-3-5-15(14)24-17(18,19)20/h2-5,8-12H,6-7H2,1H3,(H,22,23). The molecule has 2 aromatic rings. The number of hydrogen-bond donors (Lipinski definition) is 1. The van der Waals surface area contributed by atoms with Crippen molar-refractivity contribution in [3.8, 4) is 5.75 Å². The number of para-hydroxylation sites is 1. The van der Waals surface area contributed by atoms with Crippen LogP contribution in [-0.2, 0) is 11.2 Å². The molecule has 1 atom stereocenters. The molecule has 0 aliphatic heterocycles. The maximum atomic E-state index is 12.4. The number of nitrogens with one attached hydrogen (secondary N) is 1. The number of nitrogens with zero attached hydrogens (tertiary/aromatic N) is 1. The molecule has 0 saturated heterocycles. The zero-order valence-corrected chi connectivity index (χ0v) is 13.0. The number of aromatic nitrogens is 1. The van der Waals surface area contributed by atoms with Gasteiger partial charge in [0.1, 0.15) is 5.75 Å². The number of pyridine rings is 1. The number of alkyl halides is 3. The van der Waals surface area contributed by atoms with Crippen LogP contribution in [0.5, 0.6) is 5.75 Å². The highest BCUT2D eigenvalue weighted by molar-refractivity contribution is 5.76. The molecule has 0 aliphatic carbocycles. The van der Waals surface area contributed by atoms with E-state index in [9.17, 15) is 18.0 Å². The quantitative estimate of drug-likeness (QED) is 0.872. The molecular weight excluding hydrogens is 321 g/mol. The summed E-state index contributed by atoms with van der Waals surface area (Å²) in [6.07, 6.45) is -1.28. The third kappa shape index (κ3) is 5.57. The Labute approximate surface area is 137 Å². The SMILES string of the molecule is CC(NC(=O)CCc1ccccc1OC(F)(F)F)c1ccncc1. The van der Waals surface area contributed by atoms with Crippen molar-refractivity contribution in [3.63, 3.8) is 0 Å². The van der Waals surface area contributed by atoms with Crippen LogP contribution in [0, 0.1) is 0 Å². The van der Waals surface area contributed by atoms with E-state index >= 15 is 0 Å². The summed E-state index contributed by atoms with van der Waals surface area (Å²) < 4.78 is 41.1. The molecule has 4 nitrogen and oxygen atoms in total. The van der Waals surface area contributed by atoms with Crippen molar-refractivity contribution in [2.45, 2.75) is 32.2 Å². The molecule has 1 aromatic carbocycles. The number of carbonyl (C=O) groups excluding carboxylic acids is 1. The number of carbonyl (C=O) groups is 1. The summed E-state index contributed by atoms with van der Waals surface area (Å²) in [5, 5.41) is 2.80. The summed E-state index contributed by atoms with van der Waals surface area (Å²) in [6.45, 7) is 1.83. The molecule has 0 radical (unpaired) electrons. The molecule has 0 fully saturated rings. The van der Waals surface area contributed by atoms with Crippen LogP contribution >= 0.6 is 0 Å². The van der Waals surface area contributed by atoms with Gasteiger partial charge in [0.2, 0.25) is 5.91 Å². The Hall–Kier alpha value is -2.57. The van der Waals surface area contributed by atoms with Crippen molar-refractivity contribution in [2.75, 3.05) is 0 Å². The zero-order valence-electron chi connectivity index (χ0n) is 13.0. The molecule has 0 saturated carbocycles. The molecule has 1 N–H and O–H groups in total. The van der Waals surface area contributed by atoms with Crippen molar-refractivity contribution in [1.82, 2.24) is 10.3 Å². The van der Waals surface area contributed by atoms with Gasteiger partial charge in [-0.05, 0) is 42.7 Å². The second-order valence-corrected chi connectivity index (χ2v) is 5.23. The fourth-order valence-corrected chi connectivity index (χ4v) is 2.23. The molecule has 0 spiro atoms. The second-order valence-electron chi connectivity index (χ2n) is 5.23. The van der Waals surface area contributed by atoms with Crippen molar-refractivity contribution in [3.05, 3.63) is 59.9 Å². The monoisotopic (exact) mass is 338 g/mol. The van der Waals surface area contributed by atoms with Gasteiger partial charge in [-0.3, -0.25) is 9.78 Å². The first kappa shape index (κ1) is 17.8. The predicted molar refractivity (Wildman–Crippen MR) is 82.2 cm³/mol. The van der Waals surface area contributed by atoms with Crippen LogP contribution in [-0.4, -0.2) is 17.3 Å². The first-order chi connectivity index (χ1) is 11.3. The van der Waals surface area contributed by atoms with Crippen LogP contribution in [0.1, 0.15) is 30.5 Å². The molecule has 24 heavy (non-hydrogen) atoms. The van der Waals surface area contributed by atoms with Crippen LogP contribution in [0.3, 0.4) is 0 Å². The lowest BCUT2D eigenvalue weighted by atomic mass is 10.1. The molecular formula is C17H17F3N2O2. The molecule has 0 bridgehead atoms. The van der Waals surface area contributed by atoms with Crippen LogP contribution < -0.4 is 10.1 Å². The maximum absolute atomic E-state index is 12.4. The van der Waals surface area contributed by atoms with Crippen LogP contribution in [0.15, 0.2) is 48.8 Å². The molecule has 2 rings (SSSR count). The number of aryl methyl sites for hydroxylation is 1. The van der Waals surface area contributed by atoms with E-state index in [0.29, 0.717) is 5.56 Å². The van der Waals surface area contributed by atoms with E-state index in [0.717, 1.165) is 5.56 Å². The molecule has 1 amide bonds. The van der Waals surface area contributed by atoms with E-state index in [4.69, 9.17) is 0 Å². The van der Waals surface area contributed by atoms with Gasteiger partial charge < -0.3 is 10.1 Å². The molecule has 7 heteroatoms. The largest absolute Gasteiger partial charge is 0.573 e. The smallest absolute Gasteiger partial charge is 0.406 e. The highest BCUT2D eigenvalue weighted by atomic mass is 19.4. The van der Waals surface area contributed by atoms with E-state index in [1.165, 1.54) is 18.2 Å². The van der Waals surface area contributed by atoms with Crippen LogP contribution in [0.4, 0.5) is 13.2 Å². The normalized spacial score (nSPS) is 12.5. The van der Waals surface area contributed by atoms with E-state index in [1.54, 1.807) is 30.6 Å². The van der Waals surface area contributed by atoms with Gasteiger partial charge in [0, 0.05) is 18.8 Å². The molecule has 0 aliphatic rings. The van der Waals surface area contributed by atoms with E-state index in [-0.39, 0.29) is 30.5 Å². The molecule has 1 aromatic heterocycles. The molecule has 128 valence electrons. The fourth-order valence-electron chi connectivity index (χ4n) is 2.23. The minimum absolute atomic E-state index is 0.0631. The van der Waals surface area contributed by atoms with Crippen LogP contribution in [0.2, 0.25) is 0 Å². The Morgan fingerprint density at radius 2 is 1.88 bits per heavy atom. The number of rotatable bonds is 6. The summed E-state index contributed by atoms with van der Waals surface area (Å²) in [7, 11) is 0. The lowest BCUT2D eigenvalue weighted by Gasteiger charge is -2.15. The molecule has 1 unspecified atom stereocenters. The Morgan fingerprint density at radius 3 is 2.54 bits per heavy atom. The maximum Gasteiger partial charge on any atom is 0.573 e. The van der Waals surface area contributed by atoms with E-state index < -0.39 is 6.36 Å². The van der Waals surface area contributed by atoms with Gasteiger partial charge in [-0.2, -0.15) is 0 Å². The minimum Gasteiger partial charge on any atom is -0.406 e. The Balaban J connectivity index is 1.92. The van der Waals surface area contributed by atoms with Gasteiger partial charge in [0.15, 0.2) is 0 Å². The number of ether oxygens (including phenoxy) is 1. The second kappa shape index (κ2) is 7.81. The van der Waals surface area contributed by atoms with Crippen molar-refractivity contribution in [2.24, 2.45) is 0 Å². The first-order valence-corrected chi connectivity index (χ1v) is 7.38. The van der Waals surface area contributed by atoms with Gasteiger partial charge in [-0.15, -0.1) is 13.2 Å². The highest BCUT2D eigenvalue weighted by Crippen LogP contribution is 2.27. The summed E-state index contributed by atoms with van der Waals surface area (Å²) in [5.41, 5.74) is 1.24. The van der Waals surface area contributed by atoms with Gasteiger partial charge in [-0.25, -0.2) is 0 Å². The molecule has 1 heterocycles. The Bertz CT molecular complexity index is 675. The van der Waals surface area contributed by atoms with Crippen molar-refractivity contribution < 1.29 is 22.7 Å². The summed E-state index contributed by atoms with van der Waals surface area (Å²) in [6, 6.07) is 9.18. The van der Waals surface area contributed by atoms with Crippen molar-refractivity contribution >= 4 is 5.91 Å². The van der Waals surface area contributed by atoms with E-state index in [2.05, 4.69) is 15.0 Å². The lowest BCUT2D eigenvalue weighted by Crippen LogP contribution is -2.27. The number of amides is 1. The van der Waals surface area contributed by atoms with Crippen LogP contribution in [0.25, 0.3) is 0 Å². The third-order valence-electron chi connectivity index (χ3n) is 3.40. The van der Waals surface area contributed by atoms with Gasteiger partial charge in [0.25, 0.3) is 0 Å². The zero-order chi connectivity index (χ0) is 17.6. The summed E-state index contributed by atoms with van der Waals surface area (Å²) in [4.78, 5) is 15.9. The minimum atomic E-state index is -4.76. The average molecular weight is 338 g/mol. The van der Waals surface area contributed by atoms with E-state index in [1.807, 2.05) is 6.92 Å². The van der Waals surface area contributed by atoms with Crippen molar-refractivity contribution in [1.29, 1.82) is 0 Å². The Kier molecular flexibility index (Phi) is 5.78. The summed E-state index contributed by atoms with van der Waals surface area (Å²) in [5.74, 6) is -0.527. The third-order valence-corrected chi connectivity index (χ3v) is 3.40. The number of hydrogen-bond acceptors (Lipinski definition) is 3. The Morgan fingerprint density at radius 1 is 1.21 bits per heavy atom. The predicted octanol–water partition coefficient (Wildman–Crippen LogP) is 3.79. The summed E-state index contributed by atoms with van der Waals surface area (Å²) >= 11 is 0. The lowest BCUT2D eigenvalue weighted by molar-refractivity contribution is -0.274. The fraction of sp³-hybridized carbons (Fsp3) is 0.294. The van der Waals surface area contributed by atoms with Gasteiger partial charge in [-0.1, -0.05) is 18.2 Å². The number of benzene rings is 1. The average Bonchev–Trinajstić information content (AvgIpc) is 2.53. The number of halogens is 3. The van der Waals surface area contributed by atoms with Gasteiger partial charge in [0.05, 0.1) is 6.04 Å². The first-order valence-electron chi connectivity index (χ1n) is 7.38. The highest BCUT2D eigenvalue weighted by Gasteiger charge is 2.31. The van der Waals surface area contributed by atoms with Gasteiger partial charge >= 0.3 is 6.36 Å². The topological polar surface area (TPSA) is 51.2 Å².